The maximum Gasteiger partial charge on any atom is 0.174 e. The molecule has 6 heteroatoms. The SMILES string of the molecule is CC.CC=CC.COc1cc(OC)c(C(=O)C2C(C)CC(=O)C(C)C2C)c(O)c1Cl. The zero-order valence-corrected chi connectivity index (χ0v) is 20.5. The number of carbonyl (C=O) groups excluding carboxylic acids is 2. The van der Waals surface area contributed by atoms with Gasteiger partial charge in [0.1, 0.15) is 27.9 Å². The second kappa shape index (κ2) is 13.3. The van der Waals surface area contributed by atoms with Gasteiger partial charge < -0.3 is 14.6 Å². The van der Waals surface area contributed by atoms with Crippen molar-refractivity contribution in [1.82, 2.24) is 0 Å². The van der Waals surface area contributed by atoms with Crippen molar-refractivity contribution in [2.45, 2.75) is 54.9 Å². The average Bonchev–Trinajstić information content (AvgIpc) is 2.75. The third-order valence-electron chi connectivity index (χ3n) is 5.49. The van der Waals surface area contributed by atoms with E-state index in [-0.39, 0.29) is 63.1 Å². The number of ketones is 2. The lowest BCUT2D eigenvalue weighted by molar-refractivity contribution is -0.128. The first-order valence-electron chi connectivity index (χ1n) is 10.4. The Hall–Kier alpha value is -2.01. The Labute approximate surface area is 186 Å². The Kier molecular flexibility index (Phi) is 12.4. The number of benzene rings is 1. The number of hydrogen-bond acceptors (Lipinski definition) is 5. The normalized spacial score (nSPS) is 23.1. The molecular formula is C24H37ClO5. The van der Waals surface area contributed by atoms with E-state index in [1.54, 1.807) is 0 Å². The highest BCUT2D eigenvalue weighted by atomic mass is 35.5. The molecule has 1 N–H and O–H groups in total. The van der Waals surface area contributed by atoms with E-state index < -0.39 is 0 Å². The molecule has 1 fully saturated rings. The number of aromatic hydroxyl groups is 1. The number of rotatable bonds is 4. The molecule has 0 amide bonds. The maximum absolute atomic E-state index is 13.2. The Balaban J connectivity index is 0.00000125. The molecule has 0 spiro atoms. The van der Waals surface area contributed by atoms with Gasteiger partial charge in [-0.1, -0.05) is 58.4 Å². The summed E-state index contributed by atoms with van der Waals surface area (Å²) in [7, 11) is 2.83. The number of hydrogen-bond donors (Lipinski definition) is 1. The van der Waals surface area contributed by atoms with Gasteiger partial charge in [-0.05, 0) is 25.7 Å². The van der Waals surface area contributed by atoms with Crippen LogP contribution in [-0.2, 0) is 4.79 Å². The molecule has 1 saturated carbocycles. The first kappa shape index (κ1) is 28.0. The van der Waals surface area contributed by atoms with E-state index in [0.717, 1.165) is 0 Å². The van der Waals surface area contributed by atoms with Gasteiger partial charge in [0, 0.05) is 24.3 Å². The summed E-state index contributed by atoms with van der Waals surface area (Å²) in [5.74, 6) is -0.810. The summed E-state index contributed by atoms with van der Waals surface area (Å²) in [6.45, 7) is 13.6. The Morgan fingerprint density at radius 3 is 2.03 bits per heavy atom. The number of allylic oxidation sites excluding steroid dienone is 2. The maximum atomic E-state index is 13.2. The number of phenols is 1. The minimum Gasteiger partial charge on any atom is -0.505 e. The summed E-state index contributed by atoms with van der Waals surface area (Å²) >= 11 is 6.10. The minimum absolute atomic E-state index is 0.0260. The molecule has 30 heavy (non-hydrogen) atoms. The smallest absolute Gasteiger partial charge is 0.174 e. The molecule has 4 atom stereocenters. The van der Waals surface area contributed by atoms with Crippen LogP contribution in [-0.4, -0.2) is 30.9 Å². The van der Waals surface area contributed by atoms with Crippen molar-refractivity contribution >= 4 is 23.2 Å². The second-order valence-corrected chi connectivity index (χ2v) is 7.55. The molecule has 1 aromatic carbocycles. The molecule has 1 aliphatic rings. The molecule has 0 saturated heterocycles. The summed E-state index contributed by atoms with van der Waals surface area (Å²) in [5, 5.41) is 10.4. The number of phenolic OH excluding ortho intramolecular Hbond substituents is 1. The van der Waals surface area contributed by atoms with Gasteiger partial charge in [0.15, 0.2) is 11.5 Å². The number of methoxy groups -OCH3 is 2. The molecule has 0 bridgehead atoms. The fourth-order valence-electron chi connectivity index (χ4n) is 3.56. The van der Waals surface area contributed by atoms with Gasteiger partial charge in [-0.2, -0.15) is 0 Å². The average molecular weight is 441 g/mol. The van der Waals surface area contributed by atoms with E-state index in [9.17, 15) is 14.7 Å². The first-order valence-corrected chi connectivity index (χ1v) is 10.8. The van der Waals surface area contributed by atoms with Crippen LogP contribution in [0, 0.1) is 23.7 Å². The Morgan fingerprint density at radius 1 is 1.10 bits per heavy atom. The number of Topliss-reactive ketones (excluding diaryl/α,β-unsaturated/α-hetero) is 2. The molecule has 2 rings (SSSR count). The molecule has 1 aliphatic carbocycles. The van der Waals surface area contributed by atoms with Crippen LogP contribution in [0.25, 0.3) is 0 Å². The van der Waals surface area contributed by atoms with Gasteiger partial charge in [-0.25, -0.2) is 0 Å². The van der Waals surface area contributed by atoms with E-state index in [1.165, 1.54) is 20.3 Å². The topological polar surface area (TPSA) is 72.8 Å². The van der Waals surface area contributed by atoms with E-state index in [4.69, 9.17) is 21.1 Å². The highest BCUT2D eigenvalue weighted by molar-refractivity contribution is 6.34. The lowest BCUT2D eigenvalue weighted by Gasteiger charge is -2.37. The zero-order valence-electron chi connectivity index (χ0n) is 19.7. The van der Waals surface area contributed by atoms with Gasteiger partial charge in [-0.3, -0.25) is 9.59 Å². The predicted octanol–water partition coefficient (Wildman–Crippen LogP) is 6.35. The van der Waals surface area contributed by atoms with Gasteiger partial charge in [0.2, 0.25) is 0 Å². The van der Waals surface area contributed by atoms with E-state index in [1.807, 2.05) is 60.6 Å². The van der Waals surface area contributed by atoms with Gasteiger partial charge in [-0.15, -0.1) is 0 Å². The fourth-order valence-corrected chi connectivity index (χ4v) is 3.79. The van der Waals surface area contributed by atoms with Crippen LogP contribution in [0.3, 0.4) is 0 Å². The monoisotopic (exact) mass is 440 g/mol. The van der Waals surface area contributed by atoms with Gasteiger partial charge >= 0.3 is 0 Å². The number of halogens is 1. The molecule has 1 aromatic rings. The van der Waals surface area contributed by atoms with E-state index in [2.05, 4.69) is 0 Å². The lowest BCUT2D eigenvalue weighted by atomic mass is 9.65. The molecule has 0 heterocycles. The first-order chi connectivity index (χ1) is 14.2. The van der Waals surface area contributed by atoms with Crippen LogP contribution in [0.15, 0.2) is 18.2 Å². The Bertz CT molecular complexity index is 738. The number of ether oxygens (including phenoxy) is 2. The standard InChI is InChI=1S/C18H23ClO5.C4H8.C2H6/c1-8-6-11(20)9(2)10(3)14(8)17(21)15-12(23-4)7-13(24-5)16(19)18(15)22;1-3-4-2;1-2/h7-10,14,22H,6H2,1-5H3;3-4H,1-2H3;1-2H3. The van der Waals surface area contributed by atoms with Crippen molar-refractivity contribution in [3.63, 3.8) is 0 Å². The minimum atomic E-state index is -0.387. The summed E-state index contributed by atoms with van der Waals surface area (Å²) in [6, 6.07) is 1.49. The van der Waals surface area contributed by atoms with Crippen LogP contribution in [0.4, 0.5) is 0 Å². The van der Waals surface area contributed by atoms with Crippen LogP contribution in [0.2, 0.25) is 5.02 Å². The highest BCUT2D eigenvalue weighted by Crippen LogP contribution is 2.46. The van der Waals surface area contributed by atoms with Crippen LogP contribution in [0.5, 0.6) is 17.2 Å². The van der Waals surface area contributed by atoms with Crippen molar-refractivity contribution < 1.29 is 24.2 Å². The highest BCUT2D eigenvalue weighted by Gasteiger charge is 2.43. The van der Waals surface area contributed by atoms with Crippen LogP contribution in [0.1, 0.15) is 65.2 Å². The van der Waals surface area contributed by atoms with Crippen molar-refractivity contribution in [3.8, 4) is 17.2 Å². The summed E-state index contributed by atoms with van der Waals surface area (Å²) in [6.07, 6.45) is 4.36. The van der Waals surface area contributed by atoms with Crippen LogP contribution < -0.4 is 9.47 Å². The molecule has 0 radical (unpaired) electrons. The third kappa shape index (κ3) is 6.24. The van der Waals surface area contributed by atoms with Crippen molar-refractivity contribution in [2.24, 2.45) is 23.7 Å². The molecule has 170 valence electrons. The largest absolute Gasteiger partial charge is 0.505 e. The predicted molar refractivity (Wildman–Crippen MR) is 123 cm³/mol. The van der Waals surface area contributed by atoms with Crippen molar-refractivity contribution in [2.75, 3.05) is 14.2 Å². The molecule has 0 aliphatic heterocycles. The molecule has 4 unspecified atom stereocenters. The molecular weight excluding hydrogens is 404 g/mol. The second-order valence-electron chi connectivity index (χ2n) is 7.17. The number of carbonyl (C=O) groups is 2. The fraction of sp³-hybridized carbons (Fsp3) is 0.583. The quantitative estimate of drug-likeness (QED) is 0.436. The van der Waals surface area contributed by atoms with Crippen molar-refractivity contribution in [3.05, 3.63) is 28.8 Å². The van der Waals surface area contributed by atoms with E-state index >= 15 is 0 Å². The third-order valence-corrected chi connectivity index (χ3v) is 5.86. The van der Waals surface area contributed by atoms with E-state index in [0.29, 0.717) is 6.42 Å². The summed E-state index contributed by atoms with van der Waals surface area (Å²) in [5.41, 5.74) is 0.0496. The van der Waals surface area contributed by atoms with Crippen molar-refractivity contribution in [1.29, 1.82) is 0 Å². The van der Waals surface area contributed by atoms with Gasteiger partial charge in [0.25, 0.3) is 0 Å². The zero-order chi connectivity index (χ0) is 23.6. The lowest BCUT2D eigenvalue weighted by Crippen LogP contribution is -2.41. The summed E-state index contributed by atoms with van der Waals surface area (Å²) in [4.78, 5) is 25.2. The molecule has 5 nitrogen and oxygen atoms in total. The summed E-state index contributed by atoms with van der Waals surface area (Å²) < 4.78 is 10.4. The Morgan fingerprint density at radius 2 is 1.60 bits per heavy atom. The van der Waals surface area contributed by atoms with Crippen LogP contribution >= 0.6 is 11.6 Å². The van der Waals surface area contributed by atoms with Gasteiger partial charge in [0.05, 0.1) is 14.2 Å². The molecule has 0 aromatic heterocycles.